The maximum absolute atomic E-state index is 6.15. The van der Waals surface area contributed by atoms with Gasteiger partial charge in [0.15, 0.2) is 0 Å². The minimum absolute atomic E-state index is 0.325. The second kappa shape index (κ2) is 7.12. The number of hydrogen-bond acceptors (Lipinski definition) is 1. The molecule has 0 atom stereocenters. The monoisotopic (exact) mass is 388 g/mol. The van der Waals surface area contributed by atoms with Crippen LogP contribution in [0.3, 0.4) is 0 Å². The van der Waals surface area contributed by atoms with Crippen molar-refractivity contribution in [2.24, 2.45) is 5.41 Å². The zero-order valence-electron chi connectivity index (χ0n) is 11.6. The number of alkyl halides is 1. The van der Waals surface area contributed by atoms with Crippen LogP contribution >= 0.6 is 31.9 Å². The molecule has 3 heteroatoms. The molecule has 0 N–H and O–H groups in total. The normalized spacial score (nSPS) is 18.9. The van der Waals surface area contributed by atoms with Gasteiger partial charge in [0.2, 0.25) is 0 Å². The number of benzene rings is 1. The smallest absolute Gasteiger partial charge is 0.123 e. The maximum Gasteiger partial charge on any atom is 0.123 e. The summed E-state index contributed by atoms with van der Waals surface area (Å²) >= 11 is 7.24. The Bertz CT molecular complexity index is 409. The third-order valence-corrected chi connectivity index (χ3v) is 5.81. The lowest BCUT2D eigenvalue weighted by molar-refractivity contribution is 0.148. The Balaban J connectivity index is 2.04. The van der Waals surface area contributed by atoms with Crippen LogP contribution in [0, 0.1) is 12.3 Å². The molecular formula is C16H22Br2O. The van der Waals surface area contributed by atoms with Gasteiger partial charge < -0.3 is 4.74 Å². The predicted molar refractivity (Wildman–Crippen MR) is 88.3 cm³/mol. The molecule has 0 aliphatic heterocycles. The molecule has 1 aliphatic carbocycles. The molecule has 0 amide bonds. The van der Waals surface area contributed by atoms with Crippen LogP contribution in [0.4, 0.5) is 0 Å². The number of halogens is 2. The highest BCUT2D eigenvalue weighted by atomic mass is 79.9. The van der Waals surface area contributed by atoms with Crippen LogP contribution in [-0.2, 0) is 0 Å². The van der Waals surface area contributed by atoms with Gasteiger partial charge in [-0.25, -0.2) is 0 Å². The van der Waals surface area contributed by atoms with Crippen molar-refractivity contribution in [3.05, 3.63) is 28.2 Å². The van der Waals surface area contributed by atoms with Gasteiger partial charge in [-0.15, -0.1) is 0 Å². The Kier molecular flexibility index (Phi) is 5.76. The molecule has 0 saturated heterocycles. The third-order valence-electron chi connectivity index (χ3n) is 4.13. The SMILES string of the molecule is Cc1ccc(Br)cc1OCC1(CBr)CCCCCC1. The molecule has 1 saturated carbocycles. The van der Waals surface area contributed by atoms with Crippen molar-refractivity contribution >= 4 is 31.9 Å². The Morgan fingerprint density at radius 1 is 1.16 bits per heavy atom. The number of hydrogen-bond donors (Lipinski definition) is 0. The number of rotatable bonds is 4. The van der Waals surface area contributed by atoms with Gasteiger partial charge in [0.25, 0.3) is 0 Å². The fraction of sp³-hybridized carbons (Fsp3) is 0.625. The molecule has 19 heavy (non-hydrogen) atoms. The molecule has 1 nitrogen and oxygen atoms in total. The molecule has 2 rings (SSSR count). The van der Waals surface area contributed by atoms with Gasteiger partial charge in [-0.3, -0.25) is 0 Å². The molecule has 0 unspecified atom stereocenters. The van der Waals surface area contributed by atoms with Crippen molar-refractivity contribution < 1.29 is 4.74 Å². The van der Waals surface area contributed by atoms with E-state index in [1.807, 2.05) is 0 Å². The first kappa shape index (κ1) is 15.4. The molecule has 1 aromatic carbocycles. The molecule has 0 spiro atoms. The van der Waals surface area contributed by atoms with Crippen molar-refractivity contribution in [2.45, 2.75) is 45.4 Å². The van der Waals surface area contributed by atoms with E-state index in [1.165, 1.54) is 44.1 Å². The fourth-order valence-electron chi connectivity index (χ4n) is 2.76. The molecule has 1 aliphatic rings. The predicted octanol–water partition coefficient (Wildman–Crippen LogP) is 5.87. The lowest BCUT2D eigenvalue weighted by atomic mass is 9.83. The van der Waals surface area contributed by atoms with Gasteiger partial charge >= 0.3 is 0 Å². The minimum Gasteiger partial charge on any atom is -0.493 e. The van der Waals surface area contributed by atoms with Gasteiger partial charge in [0, 0.05) is 15.2 Å². The Labute approximate surface area is 133 Å². The van der Waals surface area contributed by atoms with Crippen molar-refractivity contribution in [3.63, 3.8) is 0 Å². The first-order valence-electron chi connectivity index (χ1n) is 7.10. The van der Waals surface area contributed by atoms with Crippen molar-refractivity contribution in [3.8, 4) is 5.75 Å². The van der Waals surface area contributed by atoms with E-state index in [0.717, 1.165) is 22.2 Å². The Morgan fingerprint density at radius 3 is 2.47 bits per heavy atom. The molecule has 0 radical (unpaired) electrons. The van der Waals surface area contributed by atoms with Crippen LogP contribution in [0.15, 0.2) is 22.7 Å². The summed E-state index contributed by atoms with van der Waals surface area (Å²) in [5, 5.41) is 1.05. The highest BCUT2D eigenvalue weighted by molar-refractivity contribution is 9.10. The Hall–Kier alpha value is -0.0200. The van der Waals surface area contributed by atoms with E-state index in [0.29, 0.717) is 5.41 Å². The van der Waals surface area contributed by atoms with Gasteiger partial charge in [0.05, 0.1) is 6.61 Å². The summed E-state index contributed by atoms with van der Waals surface area (Å²) in [6.45, 7) is 2.94. The molecule has 1 aromatic rings. The van der Waals surface area contributed by atoms with E-state index in [-0.39, 0.29) is 0 Å². The van der Waals surface area contributed by atoms with Crippen LogP contribution in [0.5, 0.6) is 5.75 Å². The van der Waals surface area contributed by atoms with Crippen molar-refractivity contribution in [1.29, 1.82) is 0 Å². The summed E-state index contributed by atoms with van der Waals surface area (Å²) in [5.74, 6) is 1.01. The van der Waals surface area contributed by atoms with E-state index in [2.05, 4.69) is 57.0 Å². The number of aryl methyl sites for hydroxylation is 1. The minimum atomic E-state index is 0.325. The molecule has 106 valence electrons. The van der Waals surface area contributed by atoms with Gasteiger partial charge in [0.1, 0.15) is 5.75 Å². The van der Waals surface area contributed by atoms with E-state index in [9.17, 15) is 0 Å². The fourth-order valence-corrected chi connectivity index (χ4v) is 3.82. The van der Waals surface area contributed by atoms with E-state index < -0.39 is 0 Å². The lowest BCUT2D eigenvalue weighted by Gasteiger charge is -2.31. The average Bonchev–Trinajstić information content (AvgIpc) is 2.66. The molecule has 1 fully saturated rings. The van der Waals surface area contributed by atoms with Crippen molar-refractivity contribution in [1.82, 2.24) is 0 Å². The average molecular weight is 390 g/mol. The van der Waals surface area contributed by atoms with E-state index >= 15 is 0 Å². The highest BCUT2D eigenvalue weighted by Crippen LogP contribution is 2.37. The third kappa shape index (κ3) is 4.22. The first-order chi connectivity index (χ1) is 9.15. The molecule has 0 heterocycles. The molecule has 0 aromatic heterocycles. The summed E-state index contributed by atoms with van der Waals surface area (Å²) in [6, 6.07) is 6.25. The summed E-state index contributed by atoms with van der Waals surface area (Å²) in [4.78, 5) is 0. The second-order valence-electron chi connectivity index (χ2n) is 5.75. The quantitative estimate of drug-likeness (QED) is 0.462. The van der Waals surface area contributed by atoms with Crippen LogP contribution in [0.25, 0.3) is 0 Å². The summed E-state index contributed by atoms with van der Waals surface area (Å²) in [5.41, 5.74) is 1.53. The number of ether oxygens (including phenoxy) is 1. The second-order valence-corrected chi connectivity index (χ2v) is 7.22. The van der Waals surface area contributed by atoms with Gasteiger partial charge in [-0.2, -0.15) is 0 Å². The van der Waals surface area contributed by atoms with Crippen LogP contribution in [0.2, 0.25) is 0 Å². The van der Waals surface area contributed by atoms with Gasteiger partial charge in [-0.05, 0) is 37.5 Å². The van der Waals surface area contributed by atoms with Crippen molar-refractivity contribution in [2.75, 3.05) is 11.9 Å². The molecule has 0 bridgehead atoms. The molecular weight excluding hydrogens is 368 g/mol. The van der Waals surface area contributed by atoms with Crippen LogP contribution in [-0.4, -0.2) is 11.9 Å². The summed E-state index contributed by atoms with van der Waals surface area (Å²) < 4.78 is 7.23. The van der Waals surface area contributed by atoms with Crippen LogP contribution < -0.4 is 4.74 Å². The first-order valence-corrected chi connectivity index (χ1v) is 9.02. The zero-order chi connectivity index (χ0) is 13.7. The van der Waals surface area contributed by atoms with Gasteiger partial charge in [-0.1, -0.05) is 63.6 Å². The summed E-state index contributed by atoms with van der Waals surface area (Å²) in [7, 11) is 0. The Morgan fingerprint density at radius 2 is 1.84 bits per heavy atom. The topological polar surface area (TPSA) is 9.23 Å². The van der Waals surface area contributed by atoms with E-state index in [1.54, 1.807) is 0 Å². The summed E-state index contributed by atoms with van der Waals surface area (Å²) in [6.07, 6.45) is 8.00. The largest absolute Gasteiger partial charge is 0.493 e. The van der Waals surface area contributed by atoms with E-state index in [4.69, 9.17) is 4.74 Å². The standard InChI is InChI=1S/C16H22Br2O/c1-13-6-7-14(18)10-15(13)19-12-16(11-17)8-4-2-3-5-9-16/h6-7,10H,2-5,8-9,11-12H2,1H3. The lowest BCUT2D eigenvalue weighted by Crippen LogP contribution is -2.30. The highest BCUT2D eigenvalue weighted by Gasteiger charge is 2.30. The zero-order valence-corrected chi connectivity index (χ0v) is 14.7. The van der Waals surface area contributed by atoms with Crippen LogP contribution in [0.1, 0.15) is 44.1 Å². The maximum atomic E-state index is 6.15.